The maximum absolute atomic E-state index is 12.0. The number of piperidine rings is 1. The van der Waals surface area contributed by atoms with E-state index in [2.05, 4.69) is 11.8 Å². The summed E-state index contributed by atoms with van der Waals surface area (Å²) >= 11 is 0. The number of nitrogens with two attached hydrogens (primary N) is 1. The lowest BCUT2D eigenvalue weighted by atomic mass is 9.98. The summed E-state index contributed by atoms with van der Waals surface area (Å²) in [6, 6.07) is 6.37. The number of hydrogen-bond acceptors (Lipinski definition) is 3. The highest BCUT2D eigenvalue weighted by molar-refractivity contribution is 5.94. The number of benzene rings is 1. The first kappa shape index (κ1) is 15.8. The Morgan fingerprint density at radius 1 is 1.38 bits per heavy atom. The largest absolute Gasteiger partial charge is 0.398 e. The first-order valence-corrected chi connectivity index (χ1v) is 7.87. The van der Waals surface area contributed by atoms with Gasteiger partial charge in [0.05, 0.1) is 0 Å². The van der Waals surface area contributed by atoms with Crippen molar-refractivity contribution in [1.82, 2.24) is 9.80 Å². The lowest BCUT2D eigenvalue weighted by Gasteiger charge is -2.35. The van der Waals surface area contributed by atoms with Crippen molar-refractivity contribution in [3.05, 3.63) is 29.3 Å². The molecule has 4 heteroatoms. The van der Waals surface area contributed by atoms with Crippen molar-refractivity contribution in [3.8, 4) is 0 Å². The molecule has 1 aromatic rings. The van der Waals surface area contributed by atoms with Gasteiger partial charge < -0.3 is 10.6 Å². The van der Waals surface area contributed by atoms with E-state index >= 15 is 0 Å². The van der Waals surface area contributed by atoms with Gasteiger partial charge in [-0.2, -0.15) is 0 Å². The van der Waals surface area contributed by atoms with Gasteiger partial charge in [0.15, 0.2) is 0 Å². The molecule has 1 amide bonds. The van der Waals surface area contributed by atoms with Crippen LogP contribution in [0, 0.1) is 0 Å². The summed E-state index contributed by atoms with van der Waals surface area (Å²) in [7, 11) is 3.51. The van der Waals surface area contributed by atoms with Gasteiger partial charge in [-0.1, -0.05) is 19.4 Å². The number of hydrogen-bond donors (Lipinski definition) is 1. The Hall–Kier alpha value is -1.55. The van der Waals surface area contributed by atoms with Crippen LogP contribution in [0.2, 0.25) is 0 Å². The van der Waals surface area contributed by atoms with E-state index in [-0.39, 0.29) is 5.91 Å². The summed E-state index contributed by atoms with van der Waals surface area (Å²) in [5.41, 5.74) is 8.68. The van der Waals surface area contributed by atoms with E-state index in [1.165, 1.54) is 25.7 Å². The molecule has 1 atom stereocenters. The first-order chi connectivity index (χ1) is 10.0. The molecule has 21 heavy (non-hydrogen) atoms. The fraction of sp³-hybridized carbons (Fsp3) is 0.588. The maximum Gasteiger partial charge on any atom is 0.253 e. The minimum atomic E-state index is -0.00217. The number of carbonyl (C=O) groups excluding carboxylic acids is 1. The normalized spacial score (nSPS) is 19.5. The summed E-state index contributed by atoms with van der Waals surface area (Å²) < 4.78 is 0. The van der Waals surface area contributed by atoms with E-state index in [1.54, 1.807) is 19.0 Å². The highest BCUT2D eigenvalue weighted by Gasteiger charge is 2.21. The molecule has 2 N–H and O–H groups in total. The Labute approximate surface area is 127 Å². The molecule has 0 radical (unpaired) electrons. The summed E-state index contributed by atoms with van der Waals surface area (Å²) in [6.07, 6.45) is 5.08. The van der Waals surface area contributed by atoms with Crippen LogP contribution in [-0.4, -0.2) is 42.4 Å². The third-order valence-electron chi connectivity index (χ3n) is 4.39. The molecule has 2 rings (SSSR count). The van der Waals surface area contributed by atoms with Gasteiger partial charge in [-0.25, -0.2) is 0 Å². The van der Waals surface area contributed by atoms with Crippen LogP contribution in [0.25, 0.3) is 0 Å². The highest BCUT2D eigenvalue weighted by atomic mass is 16.2. The SMILES string of the molecule is CCC1CCCCN1Cc1ccc(C(=O)N(C)C)cc1N. The molecule has 4 nitrogen and oxygen atoms in total. The van der Waals surface area contributed by atoms with E-state index in [9.17, 15) is 4.79 Å². The number of carbonyl (C=O) groups is 1. The molecule has 1 unspecified atom stereocenters. The summed E-state index contributed by atoms with van der Waals surface area (Å²) in [5, 5.41) is 0. The van der Waals surface area contributed by atoms with Crippen LogP contribution in [-0.2, 0) is 6.54 Å². The molecule has 0 saturated carbocycles. The Bertz CT molecular complexity index is 499. The Balaban J connectivity index is 2.12. The molecule has 1 aliphatic heterocycles. The Morgan fingerprint density at radius 3 is 2.76 bits per heavy atom. The van der Waals surface area contributed by atoms with Crippen molar-refractivity contribution in [2.75, 3.05) is 26.4 Å². The van der Waals surface area contributed by atoms with E-state index in [4.69, 9.17) is 5.73 Å². The van der Waals surface area contributed by atoms with Gasteiger partial charge in [0, 0.05) is 37.9 Å². The van der Waals surface area contributed by atoms with E-state index in [0.717, 1.165) is 24.3 Å². The number of rotatable bonds is 4. The quantitative estimate of drug-likeness (QED) is 0.867. The van der Waals surface area contributed by atoms with Crippen LogP contribution >= 0.6 is 0 Å². The standard InChI is InChI=1S/C17H27N3O/c1-4-15-7-5-6-10-20(15)12-14-9-8-13(11-16(14)18)17(21)19(2)3/h8-9,11,15H,4-7,10,12,18H2,1-3H3. The predicted molar refractivity (Wildman–Crippen MR) is 87.2 cm³/mol. The lowest BCUT2D eigenvalue weighted by Crippen LogP contribution is -2.38. The highest BCUT2D eigenvalue weighted by Crippen LogP contribution is 2.24. The molecule has 0 bridgehead atoms. The van der Waals surface area contributed by atoms with Crippen LogP contribution in [0.4, 0.5) is 5.69 Å². The number of nitrogens with zero attached hydrogens (tertiary/aromatic N) is 2. The van der Waals surface area contributed by atoms with Crippen molar-refractivity contribution in [3.63, 3.8) is 0 Å². The minimum absolute atomic E-state index is 0.00217. The zero-order valence-corrected chi connectivity index (χ0v) is 13.4. The lowest BCUT2D eigenvalue weighted by molar-refractivity contribution is 0.0827. The van der Waals surface area contributed by atoms with E-state index < -0.39 is 0 Å². The van der Waals surface area contributed by atoms with Crippen LogP contribution in [0.3, 0.4) is 0 Å². The zero-order valence-electron chi connectivity index (χ0n) is 13.4. The number of likely N-dealkylation sites (tertiary alicyclic amines) is 1. The third kappa shape index (κ3) is 3.76. The maximum atomic E-state index is 12.0. The fourth-order valence-electron chi connectivity index (χ4n) is 3.08. The number of nitrogen functional groups attached to an aromatic ring is 1. The predicted octanol–water partition coefficient (Wildman–Crippen LogP) is 2.74. The average molecular weight is 289 g/mol. The van der Waals surface area contributed by atoms with Crippen molar-refractivity contribution in [1.29, 1.82) is 0 Å². The fourth-order valence-corrected chi connectivity index (χ4v) is 3.08. The molecule has 0 aliphatic carbocycles. The van der Waals surface area contributed by atoms with E-state index in [1.807, 2.05) is 18.2 Å². The number of amides is 1. The van der Waals surface area contributed by atoms with Crippen LogP contribution in [0.1, 0.15) is 48.5 Å². The van der Waals surface area contributed by atoms with E-state index in [0.29, 0.717) is 11.6 Å². The molecule has 0 aromatic heterocycles. The van der Waals surface area contributed by atoms with Gasteiger partial charge in [-0.05, 0) is 43.5 Å². The van der Waals surface area contributed by atoms with Crippen LogP contribution in [0.5, 0.6) is 0 Å². The molecular weight excluding hydrogens is 262 g/mol. The Morgan fingerprint density at radius 2 is 2.14 bits per heavy atom. The number of anilines is 1. The van der Waals surface area contributed by atoms with Crippen molar-refractivity contribution in [2.45, 2.75) is 45.2 Å². The molecule has 0 spiro atoms. The monoisotopic (exact) mass is 289 g/mol. The zero-order chi connectivity index (χ0) is 15.4. The van der Waals surface area contributed by atoms with Crippen molar-refractivity contribution >= 4 is 11.6 Å². The molecule has 1 aliphatic rings. The molecule has 1 fully saturated rings. The van der Waals surface area contributed by atoms with Gasteiger partial charge in [0.1, 0.15) is 0 Å². The minimum Gasteiger partial charge on any atom is -0.398 e. The average Bonchev–Trinajstić information content (AvgIpc) is 2.49. The summed E-state index contributed by atoms with van der Waals surface area (Å²) in [6.45, 7) is 4.29. The Kier molecular flexibility index (Phi) is 5.23. The van der Waals surface area contributed by atoms with Gasteiger partial charge in [0.25, 0.3) is 5.91 Å². The second-order valence-electron chi connectivity index (χ2n) is 6.14. The second kappa shape index (κ2) is 6.94. The van der Waals surface area contributed by atoms with Crippen LogP contribution in [0.15, 0.2) is 18.2 Å². The summed E-state index contributed by atoms with van der Waals surface area (Å²) in [5.74, 6) is -0.00217. The third-order valence-corrected chi connectivity index (χ3v) is 4.39. The smallest absolute Gasteiger partial charge is 0.253 e. The second-order valence-corrected chi connectivity index (χ2v) is 6.14. The van der Waals surface area contributed by atoms with Gasteiger partial charge in [0.2, 0.25) is 0 Å². The topological polar surface area (TPSA) is 49.6 Å². The summed E-state index contributed by atoms with van der Waals surface area (Å²) in [4.78, 5) is 16.1. The van der Waals surface area contributed by atoms with Crippen molar-refractivity contribution in [2.24, 2.45) is 0 Å². The molecule has 1 heterocycles. The first-order valence-electron chi connectivity index (χ1n) is 7.87. The molecule has 1 saturated heterocycles. The van der Waals surface area contributed by atoms with Gasteiger partial charge in [-0.15, -0.1) is 0 Å². The van der Waals surface area contributed by atoms with Crippen LogP contribution < -0.4 is 5.73 Å². The van der Waals surface area contributed by atoms with Gasteiger partial charge in [-0.3, -0.25) is 9.69 Å². The molecule has 1 aromatic carbocycles. The molecular formula is C17H27N3O. The van der Waals surface area contributed by atoms with Gasteiger partial charge >= 0.3 is 0 Å². The van der Waals surface area contributed by atoms with Crippen molar-refractivity contribution < 1.29 is 4.79 Å². The molecule has 116 valence electrons.